The number of aromatic nitrogens is 3. The van der Waals surface area contributed by atoms with Crippen molar-refractivity contribution in [3.8, 4) is 11.5 Å². The maximum absolute atomic E-state index is 12.9. The first kappa shape index (κ1) is 19.6. The van der Waals surface area contributed by atoms with E-state index in [1.807, 2.05) is 4.90 Å². The fraction of sp³-hybridized carbons (Fsp3) is 0.316. The average Bonchev–Trinajstić information content (AvgIpc) is 3.09. The van der Waals surface area contributed by atoms with Gasteiger partial charge >= 0.3 is 6.18 Å². The zero-order valence-electron chi connectivity index (χ0n) is 15.3. The van der Waals surface area contributed by atoms with Crippen LogP contribution in [-0.2, 0) is 12.8 Å². The monoisotopic (exact) mass is 421 g/mol. The van der Waals surface area contributed by atoms with Gasteiger partial charge in [-0.05, 0) is 42.5 Å². The van der Waals surface area contributed by atoms with Crippen molar-refractivity contribution in [3.05, 3.63) is 59.2 Å². The number of halogens is 3. The van der Waals surface area contributed by atoms with Crippen molar-refractivity contribution in [2.75, 3.05) is 31.1 Å². The Hall–Kier alpha value is -2.72. The molecule has 4 rings (SSSR count). The lowest BCUT2D eigenvalue weighted by atomic mass is 10.1. The molecule has 0 amide bonds. The summed E-state index contributed by atoms with van der Waals surface area (Å²) in [5.74, 6) is 0.431. The Morgan fingerprint density at radius 2 is 1.76 bits per heavy atom. The second kappa shape index (κ2) is 7.96. The van der Waals surface area contributed by atoms with E-state index in [9.17, 15) is 13.2 Å². The van der Waals surface area contributed by atoms with Gasteiger partial charge in [0.1, 0.15) is 0 Å². The number of nitrogens with zero attached hydrogens (tertiary/aromatic N) is 5. The summed E-state index contributed by atoms with van der Waals surface area (Å²) in [4.78, 5) is 8.33. The maximum atomic E-state index is 12.9. The van der Waals surface area contributed by atoms with E-state index >= 15 is 0 Å². The van der Waals surface area contributed by atoms with Crippen LogP contribution in [0.5, 0.6) is 0 Å². The molecule has 0 N–H and O–H groups in total. The number of hydrogen-bond acceptors (Lipinski definition) is 6. The van der Waals surface area contributed by atoms with Crippen LogP contribution in [-0.4, -0.2) is 45.8 Å². The third kappa shape index (κ3) is 4.48. The highest BCUT2D eigenvalue weighted by Crippen LogP contribution is 2.31. The number of benzene rings is 1. The molecule has 0 unspecified atom stereocenters. The normalized spacial score (nSPS) is 15.6. The number of piperazine rings is 1. The highest BCUT2D eigenvalue weighted by atomic mass is 32.1. The summed E-state index contributed by atoms with van der Waals surface area (Å²) in [5.41, 5.74) is 0.742. The average molecular weight is 421 g/mol. The third-order valence-electron chi connectivity index (χ3n) is 4.78. The molecular formula is C19H18F3N5OS. The molecule has 6 nitrogen and oxygen atoms in total. The zero-order valence-corrected chi connectivity index (χ0v) is 16.2. The van der Waals surface area contributed by atoms with Gasteiger partial charge in [0, 0.05) is 49.8 Å². The van der Waals surface area contributed by atoms with Crippen molar-refractivity contribution in [3.63, 3.8) is 0 Å². The van der Waals surface area contributed by atoms with E-state index in [1.165, 1.54) is 12.1 Å². The second-order valence-electron chi connectivity index (χ2n) is 6.70. The van der Waals surface area contributed by atoms with Gasteiger partial charge in [-0.2, -0.15) is 13.2 Å². The van der Waals surface area contributed by atoms with Crippen LogP contribution in [0.25, 0.3) is 11.5 Å². The Balaban J connectivity index is 1.40. The van der Waals surface area contributed by atoms with Gasteiger partial charge in [-0.15, -0.1) is 5.10 Å². The van der Waals surface area contributed by atoms with Crippen LogP contribution in [0.4, 0.5) is 18.9 Å². The SMILES string of the molecule is FC(F)(F)c1cccc(N2CCN(Cn3nc(-c4ccncc4)oc3=S)CC2)c1. The summed E-state index contributed by atoms with van der Waals surface area (Å²) in [6.07, 6.45) is -1.03. The van der Waals surface area contributed by atoms with E-state index in [0.29, 0.717) is 44.4 Å². The first-order valence-corrected chi connectivity index (χ1v) is 9.44. The van der Waals surface area contributed by atoms with E-state index in [4.69, 9.17) is 16.6 Å². The number of alkyl halides is 3. The Kier molecular flexibility index (Phi) is 5.37. The number of hydrogen-bond donors (Lipinski definition) is 0. The lowest BCUT2D eigenvalue weighted by Gasteiger charge is -2.36. The van der Waals surface area contributed by atoms with Crippen LogP contribution in [0.15, 0.2) is 53.2 Å². The molecule has 1 saturated heterocycles. The smallest absolute Gasteiger partial charge is 0.409 e. The molecule has 1 aliphatic rings. The van der Waals surface area contributed by atoms with Gasteiger partial charge in [-0.1, -0.05) is 6.07 Å². The van der Waals surface area contributed by atoms with Crippen molar-refractivity contribution >= 4 is 17.9 Å². The molecule has 0 spiro atoms. The molecule has 0 saturated carbocycles. The minimum Gasteiger partial charge on any atom is -0.409 e. The van der Waals surface area contributed by atoms with Crippen molar-refractivity contribution < 1.29 is 17.6 Å². The summed E-state index contributed by atoms with van der Waals surface area (Å²) < 4.78 is 46.0. The molecule has 3 aromatic rings. The van der Waals surface area contributed by atoms with Crippen molar-refractivity contribution in [2.45, 2.75) is 12.8 Å². The van der Waals surface area contributed by atoms with Crippen LogP contribution >= 0.6 is 12.2 Å². The molecule has 1 fully saturated rings. The molecule has 3 heterocycles. The van der Waals surface area contributed by atoms with E-state index in [-0.39, 0.29) is 4.84 Å². The molecule has 152 valence electrons. The van der Waals surface area contributed by atoms with Gasteiger partial charge in [-0.3, -0.25) is 9.88 Å². The number of anilines is 1. The van der Waals surface area contributed by atoms with Gasteiger partial charge in [0.25, 0.3) is 4.84 Å². The highest BCUT2D eigenvalue weighted by Gasteiger charge is 2.31. The minimum atomic E-state index is -4.34. The quantitative estimate of drug-likeness (QED) is 0.592. The first-order valence-electron chi connectivity index (χ1n) is 9.03. The van der Waals surface area contributed by atoms with E-state index in [2.05, 4.69) is 15.0 Å². The fourth-order valence-corrected chi connectivity index (χ4v) is 3.40. The lowest BCUT2D eigenvalue weighted by molar-refractivity contribution is -0.137. The Bertz CT molecular complexity index is 1030. The second-order valence-corrected chi connectivity index (χ2v) is 7.05. The maximum Gasteiger partial charge on any atom is 0.416 e. The zero-order chi connectivity index (χ0) is 20.4. The molecule has 2 aromatic heterocycles. The summed E-state index contributed by atoms with van der Waals surface area (Å²) in [6.45, 7) is 3.04. The highest BCUT2D eigenvalue weighted by molar-refractivity contribution is 7.71. The van der Waals surface area contributed by atoms with Gasteiger partial charge < -0.3 is 9.32 Å². The Morgan fingerprint density at radius 3 is 2.45 bits per heavy atom. The van der Waals surface area contributed by atoms with Crippen LogP contribution in [0.2, 0.25) is 0 Å². The van der Waals surface area contributed by atoms with Gasteiger partial charge in [-0.25, -0.2) is 4.68 Å². The molecule has 0 radical (unpaired) electrons. The first-order chi connectivity index (χ1) is 13.9. The van der Waals surface area contributed by atoms with Crippen LogP contribution < -0.4 is 4.90 Å². The van der Waals surface area contributed by atoms with E-state index in [0.717, 1.165) is 11.6 Å². The summed E-state index contributed by atoms with van der Waals surface area (Å²) in [5, 5.41) is 4.43. The number of pyridine rings is 1. The van der Waals surface area contributed by atoms with Gasteiger partial charge in [0.05, 0.1) is 12.2 Å². The molecular weight excluding hydrogens is 403 g/mol. The predicted octanol–water partition coefficient (Wildman–Crippen LogP) is 4.07. The molecule has 0 aliphatic carbocycles. The molecule has 10 heteroatoms. The van der Waals surface area contributed by atoms with Gasteiger partial charge in [0.2, 0.25) is 5.89 Å². The standard InChI is InChI=1S/C19H18F3N5OS/c20-19(21,22)15-2-1-3-16(12-15)26-10-8-25(9-11-26)13-27-18(29)28-17(24-27)14-4-6-23-7-5-14/h1-7,12H,8-11,13H2. The van der Waals surface area contributed by atoms with Crippen LogP contribution in [0.3, 0.4) is 0 Å². The molecule has 0 bridgehead atoms. The molecule has 1 aromatic carbocycles. The third-order valence-corrected chi connectivity index (χ3v) is 5.07. The molecule has 0 atom stereocenters. The van der Waals surface area contributed by atoms with E-state index in [1.54, 1.807) is 35.3 Å². The Morgan fingerprint density at radius 1 is 1.03 bits per heavy atom. The topological polar surface area (TPSA) is 50.3 Å². The minimum absolute atomic E-state index is 0.275. The van der Waals surface area contributed by atoms with Crippen molar-refractivity contribution in [1.29, 1.82) is 0 Å². The van der Waals surface area contributed by atoms with Crippen molar-refractivity contribution in [2.24, 2.45) is 0 Å². The molecule has 1 aliphatic heterocycles. The summed E-state index contributed by atoms with van der Waals surface area (Å²) in [6, 6.07) is 9.02. The van der Waals surface area contributed by atoms with Gasteiger partial charge in [0.15, 0.2) is 0 Å². The summed E-state index contributed by atoms with van der Waals surface area (Å²) in [7, 11) is 0. The Labute approximate surface area is 170 Å². The largest absolute Gasteiger partial charge is 0.416 e. The van der Waals surface area contributed by atoms with Crippen LogP contribution in [0.1, 0.15) is 5.56 Å². The van der Waals surface area contributed by atoms with E-state index < -0.39 is 11.7 Å². The number of rotatable bonds is 4. The molecule has 29 heavy (non-hydrogen) atoms. The summed E-state index contributed by atoms with van der Waals surface area (Å²) >= 11 is 5.26. The van der Waals surface area contributed by atoms with Crippen molar-refractivity contribution in [1.82, 2.24) is 19.7 Å². The fourth-order valence-electron chi connectivity index (χ4n) is 3.22. The van der Waals surface area contributed by atoms with Crippen LogP contribution in [0, 0.1) is 4.84 Å². The lowest BCUT2D eigenvalue weighted by Crippen LogP contribution is -2.47. The predicted molar refractivity (Wildman–Crippen MR) is 104 cm³/mol.